The van der Waals surface area contributed by atoms with Crippen molar-refractivity contribution in [2.45, 2.75) is 30.9 Å². The maximum Gasteiger partial charge on any atom is 0.210 e. The molecule has 1 aromatic rings. The molecule has 0 aliphatic heterocycles. The Balaban J connectivity index is 3.12. The van der Waals surface area contributed by atoms with Gasteiger partial charge in [0.1, 0.15) is 0 Å². The lowest BCUT2D eigenvalue weighted by Gasteiger charge is -2.25. The minimum absolute atomic E-state index is 0.257. The van der Waals surface area contributed by atoms with Crippen LogP contribution in [-0.2, 0) is 11.0 Å². The van der Waals surface area contributed by atoms with Gasteiger partial charge < -0.3 is 0 Å². The number of nitrogens with zero attached hydrogens (tertiary/aromatic N) is 1. The van der Waals surface area contributed by atoms with E-state index in [0.29, 0.717) is 11.4 Å². The number of nitrogens with two attached hydrogens (primary N) is 1. The van der Waals surface area contributed by atoms with Gasteiger partial charge in [0, 0.05) is 14.4 Å². The van der Waals surface area contributed by atoms with E-state index in [2.05, 4.69) is 15.9 Å². The van der Waals surface area contributed by atoms with Crippen LogP contribution in [0.3, 0.4) is 0 Å². The molecule has 0 aliphatic carbocycles. The van der Waals surface area contributed by atoms with Crippen molar-refractivity contribution in [2.24, 2.45) is 5.14 Å². The zero-order valence-electron chi connectivity index (χ0n) is 11.1. The van der Waals surface area contributed by atoms with E-state index in [1.54, 1.807) is 32.0 Å². The molecule has 0 saturated carbocycles. The molecule has 0 aliphatic rings. The van der Waals surface area contributed by atoms with Crippen LogP contribution in [0.5, 0.6) is 0 Å². The topological polar surface area (TPSA) is 86.2 Å². The van der Waals surface area contributed by atoms with E-state index in [0.717, 1.165) is 10.0 Å². The summed E-state index contributed by atoms with van der Waals surface area (Å²) in [5, 5.41) is 16.8. The molecule has 8 heteroatoms. The first-order valence-electron chi connectivity index (χ1n) is 5.86. The van der Waals surface area contributed by atoms with E-state index in [-0.39, 0.29) is 11.5 Å². The number of benzene rings is 1. The van der Waals surface area contributed by atoms with Crippen molar-refractivity contribution in [3.63, 3.8) is 0 Å². The normalized spacial score (nSPS) is 14.8. The fourth-order valence-electron chi connectivity index (χ4n) is 1.95. The lowest BCUT2D eigenvalue weighted by Crippen LogP contribution is -2.35. The maximum absolute atomic E-state index is 11.5. The van der Waals surface area contributed by atoms with Crippen LogP contribution in [0.25, 0.3) is 0 Å². The molecule has 0 radical (unpaired) electrons. The Morgan fingerprint density at radius 3 is 2.55 bits per heavy atom. The molecule has 0 bridgehead atoms. The molecule has 0 spiro atoms. The highest BCUT2D eigenvalue weighted by atomic mass is 79.9. The molecule has 0 amide bonds. The monoisotopic (exact) mass is 382 g/mol. The van der Waals surface area contributed by atoms with E-state index in [4.69, 9.17) is 16.7 Å². The minimum Gasteiger partial charge on any atom is -0.265 e. The molecule has 1 rings (SSSR count). The summed E-state index contributed by atoms with van der Waals surface area (Å²) in [6, 6.07) is 5.19. The third-order valence-electron chi connectivity index (χ3n) is 3.01. The van der Waals surface area contributed by atoms with Gasteiger partial charge >= 0.3 is 0 Å². The molecule has 1 aromatic carbocycles. The standard InChI is InChI=1S/C12H16BrClN2O3S/c1-12(2,20(15)19)6-9(7-16(17)18)8-3-10(13)5-11(14)4-8/h3-5,9H,6-7,15H2,1-2H3/t9-,20?/m0/s1. The smallest absolute Gasteiger partial charge is 0.210 e. The Kier molecular flexibility index (Phi) is 6.12. The summed E-state index contributed by atoms with van der Waals surface area (Å²) in [5.74, 6) is -0.400. The number of nitro groups is 1. The molecule has 5 nitrogen and oxygen atoms in total. The lowest BCUT2D eigenvalue weighted by molar-refractivity contribution is -0.483. The quantitative estimate of drug-likeness (QED) is 0.604. The van der Waals surface area contributed by atoms with Crippen molar-refractivity contribution in [3.05, 3.63) is 43.4 Å². The number of halogens is 2. The van der Waals surface area contributed by atoms with Crippen molar-refractivity contribution in [3.8, 4) is 0 Å². The molecule has 0 saturated heterocycles. The van der Waals surface area contributed by atoms with Crippen LogP contribution in [0.4, 0.5) is 0 Å². The second kappa shape index (κ2) is 6.98. The molecule has 112 valence electrons. The molecule has 0 aromatic heterocycles. The van der Waals surface area contributed by atoms with Crippen LogP contribution in [0.1, 0.15) is 31.7 Å². The van der Waals surface area contributed by atoms with Crippen LogP contribution >= 0.6 is 27.5 Å². The van der Waals surface area contributed by atoms with Crippen LogP contribution < -0.4 is 5.14 Å². The van der Waals surface area contributed by atoms with E-state index in [1.807, 2.05) is 0 Å². The highest BCUT2D eigenvalue weighted by Gasteiger charge is 2.31. The summed E-state index contributed by atoms with van der Waals surface area (Å²) in [7, 11) is -1.56. The van der Waals surface area contributed by atoms with E-state index in [9.17, 15) is 14.3 Å². The Hall–Kier alpha value is -0.500. The third-order valence-corrected chi connectivity index (χ3v) is 4.94. The van der Waals surface area contributed by atoms with Gasteiger partial charge in [-0.2, -0.15) is 0 Å². The second-order valence-electron chi connectivity index (χ2n) is 5.18. The molecule has 20 heavy (non-hydrogen) atoms. The van der Waals surface area contributed by atoms with Gasteiger partial charge in [0.25, 0.3) is 0 Å². The zero-order chi connectivity index (χ0) is 15.5. The molecular weight excluding hydrogens is 368 g/mol. The summed E-state index contributed by atoms with van der Waals surface area (Å²) in [4.78, 5) is 10.5. The van der Waals surface area contributed by atoms with Crippen molar-refractivity contribution < 1.29 is 9.13 Å². The van der Waals surface area contributed by atoms with Crippen LogP contribution in [0, 0.1) is 10.1 Å². The fourth-order valence-corrected chi connectivity index (χ4v) is 3.21. The first kappa shape index (κ1) is 17.6. The Bertz CT molecular complexity index is 519. The molecule has 1 unspecified atom stereocenters. The number of rotatable bonds is 6. The van der Waals surface area contributed by atoms with Gasteiger partial charge in [0.15, 0.2) is 0 Å². The van der Waals surface area contributed by atoms with Crippen molar-refractivity contribution >= 4 is 38.5 Å². The van der Waals surface area contributed by atoms with Gasteiger partial charge in [-0.3, -0.25) is 15.3 Å². The zero-order valence-corrected chi connectivity index (χ0v) is 14.3. The van der Waals surface area contributed by atoms with Gasteiger partial charge in [-0.25, -0.2) is 4.21 Å². The van der Waals surface area contributed by atoms with E-state index >= 15 is 0 Å². The molecule has 0 fully saturated rings. The SMILES string of the molecule is CC(C)(C[C@@H](C[N+](=O)[O-])c1cc(Cl)cc(Br)c1)S(N)=O. The maximum atomic E-state index is 11.5. The predicted octanol–water partition coefficient (Wildman–Crippen LogP) is 3.25. The van der Waals surface area contributed by atoms with Gasteiger partial charge in [0.2, 0.25) is 6.54 Å². The fraction of sp³-hybridized carbons (Fsp3) is 0.500. The Morgan fingerprint density at radius 2 is 2.10 bits per heavy atom. The average molecular weight is 384 g/mol. The number of hydrogen-bond acceptors (Lipinski definition) is 3. The van der Waals surface area contributed by atoms with Crippen molar-refractivity contribution in [1.82, 2.24) is 0 Å². The second-order valence-corrected chi connectivity index (χ2v) is 8.23. The average Bonchev–Trinajstić information content (AvgIpc) is 2.25. The molecule has 0 heterocycles. The van der Waals surface area contributed by atoms with Crippen LogP contribution in [-0.4, -0.2) is 20.4 Å². The Labute approximate surface area is 133 Å². The summed E-state index contributed by atoms with van der Waals surface area (Å²) in [6.45, 7) is 3.21. The predicted molar refractivity (Wildman–Crippen MR) is 84.8 cm³/mol. The first-order valence-corrected chi connectivity index (χ1v) is 8.24. The molecule has 2 atom stereocenters. The lowest BCUT2D eigenvalue weighted by atomic mass is 9.90. The van der Waals surface area contributed by atoms with E-state index < -0.39 is 21.7 Å². The first-order chi connectivity index (χ1) is 9.11. The summed E-state index contributed by atoms with van der Waals surface area (Å²) < 4.78 is 11.6. The third kappa shape index (κ3) is 5.12. The van der Waals surface area contributed by atoms with Crippen LogP contribution in [0.2, 0.25) is 5.02 Å². The van der Waals surface area contributed by atoms with Crippen molar-refractivity contribution in [2.75, 3.05) is 6.54 Å². The summed E-state index contributed by atoms with van der Waals surface area (Å²) in [5.41, 5.74) is 0.736. The van der Waals surface area contributed by atoms with E-state index in [1.165, 1.54) is 0 Å². The highest BCUT2D eigenvalue weighted by molar-refractivity contribution is 9.10. The minimum atomic E-state index is -1.56. The van der Waals surface area contributed by atoms with Gasteiger partial charge in [-0.1, -0.05) is 27.5 Å². The largest absolute Gasteiger partial charge is 0.265 e. The number of hydrogen-bond donors (Lipinski definition) is 1. The van der Waals surface area contributed by atoms with Crippen LogP contribution in [0.15, 0.2) is 22.7 Å². The summed E-state index contributed by atoms with van der Waals surface area (Å²) >= 11 is 9.30. The molecule has 2 N–H and O–H groups in total. The van der Waals surface area contributed by atoms with Crippen molar-refractivity contribution in [1.29, 1.82) is 0 Å². The molecular formula is C12H16BrClN2O3S. The van der Waals surface area contributed by atoms with Gasteiger partial charge in [0.05, 0.1) is 21.7 Å². The summed E-state index contributed by atoms with van der Waals surface area (Å²) in [6.07, 6.45) is 0.337. The van der Waals surface area contributed by atoms with Gasteiger partial charge in [-0.05, 0) is 44.0 Å². The highest BCUT2D eigenvalue weighted by Crippen LogP contribution is 2.32. The van der Waals surface area contributed by atoms with Gasteiger partial charge in [-0.15, -0.1) is 0 Å². The Morgan fingerprint density at radius 1 is 1.50 bits per heavy atom.